The summed E-state index contributed by atoms with van der Waals surface area (Å²) in [5.74, 6) is 0.168. The predicted molar refractivity (Wildman–Crippen MR) is 106 cm³/mol. The smallest absolute Gasteiger partial charge is 0.410 e. The van der Waals surface area contributed by atoms with E-state index >= 15 is 0 Å². The highest BCUT2D eigenvalue weighted by Crippen LogP contribution is 2.14. The Balaban J connectivity index is 1.77. The molecule has 152 valence electrons. The van der Waals surface area contributed by atoms with Crippen molar-refractivity contribution >= 4 is 6.09 Å². The molecule has 0 N–H and O–H groups in total. The first-order valence-corrected chi connectivity index (χ1v) is 9.33. The number of rotatable bonds is 6. The summed E-state index contributed by atoms with van der Waals surface area (Å²) in [6.07, 6.45) is 6.68. The Morgan fingerprint density at radius 1 is 1.24 bits per heavy atom. The summed E-state index contributed by atoms with van der Waals surface area (Å²) in [5.41, 5.74) is 0.844. The molecular weight excluding hydrogens is 373 g/mol. The third kappa shape index (κ3) is 6.10. The molecule has 0 saturated heterocycles. The molecule has 0 aliphatic carbocycles. The molecule has 2 aromatic heterocycles. The van der Waals surface area contributed by atoms with E-state index in [9.17, 15) is 9.18 Å². The van der Waals surface area contributed by atoms with E-state index in [0.717, 1.165) is 5.56 Å². The number of halogens is 1. The maximum atomic E-state index is 13.5. The molecule has 2 heterocycles. The first kappa shape index (κ1) is 20.4. The van der Waals surface area contributed by atoms with Crippen LogP contribution in [0.5, 0.6) is 0 Å². The molecule has 0 fully saturated rings. The fourth-order valence-electron chi connectivity index (χ4n) is 2.69. The van der Waals surface area contributed by atoms with E-state index in [1.165, 1.54) is 12.1 Å². The highest BCUT2D eigenvalue weighted by molar-refractivity contribution is 5.68. The van der Waals surface area contributed by atoms with Gasteiger partial charge in [-0.2, -0.15) is 0 Å². The molecule has 1 aromatic carbocycles. The average Bonchev–Trinajstić information content (AvgIpc) is 3.19. The number of carbonyl (C=O) groups excluding carboxylic acids is 1. The standard InChI is InChI=1S/C21H24FN5O2/c1-21(2,3)29-20(28)26(11-8-16-5-4-6-17(22)13-16)14-18-7-9-24-19(25-18)27-12-10-23-15-27/h4-7,9-10,12-13,15H,8,11,14H2,1-3H3. The van der Waals surface area contributed by atoms with Gasteiger partial charge < -0.3 is 9.64 Å². The molecule has 0 spiro atoms. The Kier molecular flexibility index (Phi) is 6.21. The van der Waals surface area contributed by atoms with Crippen LogP contribution in [0.4, 0.5) is 9.18 Å². The number of imidazole rings is 1. The first-order valence-electron chi connectivity index (χ1n) is 9.33. The van der Waals surface area contributed by atoms with Gasteiger partial charge in [0, 0.05) is 25.1 Å². The van der Waals surface area contributed by atoms with Crippen molar-refractivity contribution in [2.24, 2.45) is 0 Å². The van der Waals surface area contributed by atoms with Gasteiger partial charge in [-0.1, -0.05) is 12.1 Å². The molecule has 3 aromatic rings. The van der Waals surface area contributed by atoms with Gasteiger partial charge in [0.05, 0.1) is 12.2 Å². The van der Waals surface area contributed by atoms with E-state index in [1.54, 1.807) is 46.5 Å². The van der Waals surface area contributed by atoms with Crippen LogP contribution in [0.15, 0.2) is 55.2 Å². The van der Waals surface area contributed by atoms with Crippen LogP contribution in [0.3, 0.4) is 0 Å². The first-order chi connectivity index (χ1) is 13.8. The maximum absolute atomic E-state index is 13.5. The molecule has 0 aliphatic heterocycles. The van der Waals surface area contributed by atoms with Crippen molar-refractivity contribution in [3.05, 3.63) is 72.3 Å². The largest absolute Gasteiger partial charge is 0.444 e. The molecule has 0 radical (unpaired) electrons. The van der Waals surface area contributed by atoms with Crippen molar-refractivity contribution in [3.8, 4) is 5.95 Å². The molecule has 3 rings (SSSR count). The van der Waals surface area contributed by atoms with Crippen LogP contribution in [-0.4, -0.2) is 42.7 Å². The topological polar surface area (TPSA) is 73.1 Å². The monoisotopic (exact) mass is 397 g/mol. The Morgan fingerprint density at radius 3 is 2.76 bits per heavy atom. The second kappa shape index (κ2) is 8.81. The summed E-state index contributed by atoms with van der Waals surface area (Å²) in [7, 11) is 0. The summed E-state index contributed by atoms with van der Waals surface area (Å²) < 4.78 is 20.7. The van der Waals surface area contributed by atoms with Crippen LogP contribution in [-0.2, 0) is 17.7 Å². The second-order valence-corrected chi connectivity index (χ2v) is 7.60. The summed E-state index contributed by atoms with van der Waals surface area (Å²) in [6, 6.07) is 8.10. The van der Waals surface area contributed by atoms with E-state index in [0.29, 0.717) is 24.6 Å². The molecule has 29 heavy (non-hydrogen) atoms. The fourth-order valence-corrected chi connectivity index (χ4v) is 2.69. The average molecular weight is 397 g/mol. The molecular formula is C21H24FN5O2. The second-order valence-electron chi connectivity index (χ2n) is 7.60. The number of aromatic nitrogens is 4. The maximum Gasteiger partial charge on any atom is 0.410 e. The minimum atomic E-state index is -0.623. The van der Waals surface area contributed by atoms with Gasteiger partial charge in [-0.3, -0.25) is 4.57 Å². The van der Waals surface area contributed by atoms with Crippen molar-refractivity contribution in [1.29, 1.82) is 0 Å². The molecule has 0 atom stereocenters. The van der Waals surface area contributed by atoms with Crippen LogP contribution >= 0.6 is 0 Å². The molecule has 0 unspecified atom stereocenters. The van der Waals surface area contributed by atoms with Gasteiger partial charge in [-0.15, -0.1) is 0 Å². The van der Waals surface area contributed by atoms with E-state index in [1.807, 2.05) is 26.8 Å². The van der Waals surface area contributed by atoms with Gasteiger partial charge in [0.1, 0.15) is 17.7 Å². The molecule has 0 aliphatic rings. The zero-order chi connectivity index (χ0) is 20.9. The van der Waals surface area contributed by atoms with Crippen LogP contribution in [0.1, 0.15) is 32.0 Å². The van der Waals surface area contributed by atoms with Crippen molar-refractivity contribution in [3.63, 3.8) is 0 Å². The lowest BCUT2D eigenvalue weighted by molar-refractivity contribution is 0.0233. The van der Waals surface area contributed by atoms with Crippen LogP contribution in [0.2, 0.25) is 0 Å². The van der Waals surface area contributed by atoms with Crippen molar-refractivity contribution < 1.29 is 13.9 Å². The summed E-state index contributed by atoms with van der Waals surface area (Å²) in [4.78, 5) is 27.0. The Labute approximate surface area is 169 Å². The third-order valence-corrected chi connectivity index (χ3v) is 4.00. The van der Waals surface area contributed by atoms with Gasteiger partial charge in [0.15, 0.2) is 0 Å². The zero-order valence-corrected chi connectivity index (χ0v) is 16.7. The molecule has 1 amide bonds. The number of carbonyl (C=O) groups is 1. The number of hydrogen-bond donors (Lipinski definition) is 0. The lowest BCUT2D eigenvalue weighted by Gasteiger charge is -2.27. The van der Waals surface area contributed by atoms with Crippen LogP contribution in [0.25, 0.3) is 5.95 Å². The minimum absolute atomic E-state index is 0.244. The van der Waals surface area contributed by atoms with E-state index in [2.05, 4.69) is 15.0 Å². The molecule has 7 nitrogen and oxygen atoms in total. The third-order valence-electron chi connectivity index (χ3n) is 4.00. The predicted octanol–water partition coefficient (Wildman–Crippen LogP) is 3.78. The summed E-state index contributed by atoms with van der Waals surface area (Å²) >= 11 is 0. The normalized spacial score (nSPS) is 11.3. The summed E-state index contributed by atoms with van der Waals surface area (Å²) in [6.45, 7) is 6.06. The van der Waals surface area contributed by atoms with Crippen LogP contribution in [0, 0.1) is 5.82 Å². The molecule has 0 bridgehead atoms. The van der Waals surface area contributed by atoms with Gasteiger partial charge in [-0.05, 0) is 51.0 Å². The molecule has 0 saturated carbocycles. The fraction of sp³-hybridized carbons (Fsp3) is 0.333. The zero-order valence-electron chi connectivity index (χ0n) is 16.7. The lowest BCUT2D eigenvalue weighted by atomic mass is 10.1. The Morgan fingerprint density at radius 2 is 2.07 bits per heavy atom. The summed E-state index contributed by atoms with van der Waals surface area (Å²) in [5, 5.41) is 0. The minimum Gasteiger partial charge on any atom is -0.444 e. The highest BCUT2D eigenvalue weighted by Gasteiger charge is 2.23. The van der Waals surface area contributed by atoms with Crippen molar-refractivity contribution in [2.45, 2.75) is 39.3 Å². The number of hydrogen-bond acceptors (Lipinski definition) is 5. The molecule has 8 heteroatoms. The Bertz CT molecular complexity index is 954. The van der Waals surface area contributed by atoms with Crippen molar-refractivity contribution in [1.82, 2.24) is 24.4 Å². The van der Waals surface area contributed by atoms with E-state index in [-0.39, 0.29) is 12.4 Å². The number of benzene rings is 1. The van der Waals surface area contributed by atoms with Crippen LogP contribution < -0.4 is 0 Å². The number of amides is 1. The van der Waals surface area contributed by atoms with Gasteiger partial charge in [-0.25, -0.2) is 24.1 Å². The van der Waals surface area contributed by atoms with Gasteiger partial charge in [0.25, 0.3) is 0 Å². The van der Waals surface area contributed by atoms with E-state index in [4.69, 9.17) is 4.74 Å². The lowest BCUT2D eigenvalue weighted by Crippen LogP contribution is -2.38. The van der Waals surface area contributed by atoms with Gasteiger partial charge >= 0.3 is 6.09 Å². The highest BCUT2D eigenvalue weighted by atomic mass is 19.1. The van der Waals surface area contributed by atoms with Gasteiger partial charge in [0.2, 0.25) is 5.95 Å². The Hall–Kier alpha value is -3.29. The van der Waals surface area contributed by atoms with Crippen molar-refractivity contribution in [2.75, 3.05) is 6.54 Å². The number of nitrogens with zero attached hydrogens (tertiary/aromatic N) is 5. The van der Waals surface area contributed by atoms with E-state index < -0.39 is 11.7 Å². The SMILES string of the molecule is CC(C)(C)OC(=O)N(CCc1cccc(F)c1)Cc1ccnc(-n2ccnc2)n1. The quantitative estimate of drug-likeness (QED) is 0.633. The number of ether oxygens (including phenoxy) is 1.